The number of carbonyl (C=O) groups is 1. The summed E-state index contributed by atoms with van der Waals surface area (Å²) in [5.74, 6) is -0.555. The van der Waals surface area contributed by atoms with Gasteiger partial charge in [-0.3, -0.25) is 9.48 Å². The largest absolute Gasteiger partial charge is 0.416 e. The number of amides is 1. The third-order valence-corrected chi connectivity index (χ3v) is 4.58. The molecule has 2 aromatic carbocycles. The second-order valence-corrected chi connectivity index (χ2v) is 6.55. The van der Waals surface area contributed by atoms with E-state index < -0.39 is 17.6 Å². The van der Waals surface area contributed by atoms with Gasteiger partial charge in [0.15, 0.2) is 0 Å². The Bertz CT molecular complexity index is 978. The first-order chi connectivity index (χ1) is 13.3. The van der Waals surface area contributed by atoms with Gasteiger partial charge in [0, 0.05) is 23.4 Å². The van der Waals surface area contributed by atoms with Crippen LogP contribution in [0.3, 0.4) is 0 Å². The molecule has 0 fully saturated rings. The van der Waals surface area contributed by atoms with Gasteiger partial charge in [0.2, 0.25) is 0 Å². The molecule has 1 N–H and O–H groups in total. The van der Waals surface area contributed by atoms with Gasteiger partial charge in [0.05, 0.1) is 17.8 Å². The van der Waals surface area contributed by atoms with E-state index in [9.17, 15) is 18.0 Å². The van der Waals surface area contributed by atoms with Crippen LogP contribution in [0.5, 0.6) is 0 Å². The minimum absolute atomic E-state index is 0.0261. The molecule has 0 saturated carbocycles. The highest BCUT2D eigenvalue weighted by molar-refractivity contribution is 5.94. The van der Waals surface area contributed by atoms with Crippen LogP contribution in [0.15, 0.2) is 54.6 Å². The zero-order valence-electron chi connectivity index (χ0n) is 15.5. The molecule has 1 aromatic heterocycles. The summed E-state index contributed by atoms with van der Waals surface area (Å²) in [4.78, 5) is 12.3. The quantitative estimate of drug-likeness (QED) is 0.701. The van der Waals surface area contributed by atoms with Gasteiger partial charge < -0.3 is 5.32 Å². The molecule has 4 nitrogen and oxygen atoms in total. The number of carbonyl (C=O) groups excluding carboxylic acids is 1. The summed E-state index contributed by atoms with van der Waals surface area (Å²) in [6.45, 7) is 4.56. The molecule has 1 amide bonds. The number of hydrogen-bond donors (Lipinski definition) is 1. The van der Waals surface area contributed by atoms with Gasteiger partial charge in [0.25, 0.3) is 5.91 Å². The van der Waals surface area contributed by atoms with E-state index in [0.29, 0.717) is 6.54 Å². The third kappa shape index (κ3) is 4.42. The predicted octanol–water partition coefficient (Wildman–Crippen LogP) is 4.50. The summed E-state index contributed by atoms with van der Waals surface area (Å²) in [6, 6.07) is 14.3. The summed E-state index contributed by atoms with van der Waals surface area (Å²) in [7, 11) is 0. The molecule has 7 heteroatoms. The van der Waals surface area contributed by atoms with Crippen LogP contribution >= 0.6 is 0 Å². The molecular weight excluding hydrogens is 367 g/mol. The lowest BCUT2D eigenvalue weighted by atomic mass is 10.1. The molecule has 146 valence electrons. The molecule has 0 bridgehead atoms. The van der Waals surface area contributed by atoms with Crippen molar-refractivity contribution in [3.63, 3.8) is 0 Å². The first-order valence-corrected chi connectivity index (χ1v) is 8.78. The fraction of sp³-hybridized carbons (Fsp3) is 0.238. The van der Waals surface area contributed by atoms with Gasteiger partial charge in [-0.05, 0) is 37.6 Å². The predicted molar refractivity (Wildman–Crippen MR) is 99.9 cm³/mol. The normalized spacial score (nSPS) is 11.5. The fourth-order valence-corrected chi connectivity index (χ4v) is 3.01. The lowest BCUT2D eigenvalue weighted by Gasteiger charge is -2.10. The Balaban J connectivity index is 1.72. The van der Waals surface area contributed by atoms with E-state index in [4.69, 9.17) is 0 Å². The highest BCUT2D eigenvalue weighted by atomic mass is 19.4. The van der Waals surface area contributed by atoms with Crippen molar-refractivity contribution in [3.05, 3.63) is 88.2 Å². The SMILES string of the molecule is Cc1nn(Cc2ccccc2)c(C)c1CNC(=O)c1cccc(C(F)(F)F)c1. The highest BCUT2D eigenvalue weighted by Crippen LogP contribution is 2.29. The Labute approximate surface area is 161 Å². The second-order valence-electron chi connectivity index (χ2n) is 6.55. The maximum atomic E-state index is 12.8. The fourth-order valence-electron chi connectivity index (χ4n) is 3.01. The Morgan fingerprint density at radius 2 is 1.79 bits per heavy atom. The van der Waals surface area contributed by atoms with E-state index >= 15 is 0 Å². The topological polar surface area (TPSA) is 46.9 Å². The van der Waals surface area contributed by atoms with E-state index in [1.165, 1.54) is 12.1 Å². The first kappa shape index (κ1) is 19.7. The number of aryl methyl sites for hydroxylation is 1. The molecule has 0 aliphatic heterocycles. The van der Waals surface area contributed by atoms with Crippen LogP contribution in [0.25, 0.3) is 0 Å². The lowest BCUT2D eigenvalue weighted by molar-refractivity contribution is -0.137. The summed E-state index contributed by atoms with van der Waals surface area (Å²) in [5.41, 5.74) is 2.78. The summed E-state index contributed by atoms with van der Waals surface area (Å²) >= 11 is 0. The van der Waals surface area contributed by atoms with Crippen molar-refractivity contribution in [2.75, 3.05) is 0 Å². The average molecular weight is 387 g/mol. The highest BCUT2D eigenvalue weighted by Gasteiger charge is 2.30. The van der Waals surface area contributed by atoms with Crippen molar-refractivity contribution < 1.29 is 18.0 Å². The van der Waals surface area contributed by atoms with Crippen molar-refractivity contribution in [2.45, 2.75) is 33.1 Å². The zero-order valence-corrected chi connectivity index (χ0v) is 15.5. The van der Waals surface area contributed by atoms with Gasteiger partial charge in [-0.2, -0.15) is 18.3 Å². The van der Waals surface area contributed by atoms with Gasteiger partial charge in [-0.1, -0.05) is 36.4 Å². The van der Waals surface area contributed by atoms with Crippen molar-refractivity contribution in [1.82, 2.24) is 15.1 Å². The van der Waals surface area contributed by atoms with Crippen molar-refractivity contribution in [2.24, 2.45) is 0 Å². The van der Waals surface area contributed by atoms with E-state index in [1.54, 1.807) is 0 Å². The van der Waals surface area contributed by atoms with Crippen LogP contribution in [0, 0.1) is 13.8 Å². The van der Waals surface area contributed by atoms with Gasteiger partial charge >= 0.3 is 6.18 Å². The molecule has 0 atom stereocenters. The number of aromatic nitrogens is 2. The van der Waals surface area contributed by atoms with Crippen LogP contribution in [0.1, 0.15) is 38.4 Å². The molecular formula is C21H20F3N3O. The minimum Gasteiger partial charge on any atom is -0.348 e. The number of alkyl halides is 3. The Kier molecular flexibility index (Phi) is 5.53. The summed E-state index contributed by atoms with van der Waals surface area (Å²) in [5, 5.41) is 7.21. The standard InChI is InChI=1S/C21H20F3N3O/c1-14-19(15(2)27(26-14)13-16-7-4-3-5-8-16)12-25-20(28)17-9-6-10-18(11-17)21(22,23)24/h3-11H,12-13H2,1-2H3,(H,25,28). The number of hydrogen-bond acceptors (Lipinski definition) is 2. The number of halogens is 3. The van der Waals surface area contributed by atoms with E-state index in [0.717, 1.165) is 34.6 Å². The van der Waals surface area contributed by atoms with E-state index in [2.05, 4.69) is 10.4 Å². The molecule has 0 saturated heterocycles. The zero-order chi connectivity index (χ0) is 20.3. The third-order valence-electron chi connectivity index (χ3n) is 4.58. The Hall–Kier alpha value is -3.09. The van der Waals surface area contributed by atoms with Crippen LogP contribution in [0.2, 0.25) is 0 Å². The molecule has 3 aromatic rings. The first-order valence-electron chi connectivity index (χ1n) is 8.78. The van der Waals surface area contributed by atoms with E-state index in [-0.39, 0.29) is 12.1 Å². The molecule has 0 aliphatic carbocycles. The number of nitrogens with zero attached hydrogens (tertiary/aromatic N) is 2. The maximum absolute atomic E-state index is 12.8. The molecule has 0 spiro atoms. The maximum Gasteiger partial charge on any atom is 0.416 e. The van der Waals surface area contributed by atoms with Crippen molar-refractivity contribution >= 4 is 5.91 Å². The van der Waals surface area contributed by atoms with Crippen molar-refractivity contribution in [1.29, 1.82) is 0 Å². The smallest absolute Gasteiger partial charge is 0.348 e. The van der Waals surface area contributed by atoms with Gasteiger partial charge in [-0.25, -0.2) is 0 Å². The Morgan fingerprint density at radius 3 is 2.46 bits per heavy atom. The average Bonchev–Trinajstić information content (AvgIpc) is 2.93. The van der Waals surface area contributed by atoms with Crippen LogP contribution < -0.4 is 5.32 Å². The van der Waals surface area contributed by atoms with Crippen LogP contribution in [-0.4, -0.2) is 15.7 Å². The second kappa shape index (κ2) is 7.88. The summed E-state index contributed by atoms with van der Waals surface area (Å²) < 4.78 is 40.3. The van der Waals surface area contributed by atoms with E-state index in [1.807, 2.05) is 48.9 Å². The number of nitrogens with one attached hydrogen (secondary N) is 1. The number of benzene rings is 2. The molecule has 0 unspecified atom stereocenters. The van der Waals surface area contributed by atoms with Crippen molar-refractivity contribution in [3.8, 4) is 0 Å². The van der Waals surface area contributed by atoms with Gasteiger partial charge in [-0.15, -0.1) is 0 Å². The molecule has 0 aliphatic rings. The molecule has 0 radical (unpaired) electrons. The minimum atomic E-state index is -4.48. The molecule has 1 heterocycles. The lowest BCUT2D eigenvalue weighted by Crippen LogP contribution is -2.24. The molecule has 28 heavy (non-hydrogen) atoms. The van der Waals surface area contributed by atoms with Crippen LogP contribution in [0.4, 0.5) is 13.2 Å². The van der Waals surface area contributed by atoms with Crippen LogP contribution in [-0.2, 0) is 19.3 Å². The Morgan fingerprint density at radius 1 is 1.07 bits per heavy atom. The number of rotatable bonds is 5. The summed E-state index contributed by atoms with van der Waals surface area (Å²) in [6.07, 6.45) is -4.48. The monoisotopic (exact) mass is 387 g/mol. The van der Waals surface area contributed by atoms with Gasteiger partial charge in [0.1, 0.15) is 0 Å². The molecule has 3 rings (SSSR count).